The first-order chi connectivity index (χ1) is 6.31. The van der Waals surface area contributed by atoms with E-state index in [2.05, 4.69) is 6.92 Å². The molecule has 0 saturated heterocycles. The van der Waals surface area contributed by atoms with Crippen molar-refractivity contribution >= 4 is 6.29 Å². The quantitative estimate of drug-likeness (QED) is 0.659. The molecular formula is C11H14O2. The molecule has 0 N–H and O–H groups in total. The van der Waals surface area contributed by atoms with Crippen LogP contribution < -0.4 is 4.74 Å². The Bertz CT molecular complexity index is 292. The maximum atomic E-state index is 10.3. The molecule has 2 nitrogen and oxygen atoms in total. The largest absolute Gasteiger partial charge is 0.496 e. The van der Waals surface area contributed by atoms with E-state index in [1.807, 2.05) is 18.2 Å². The summed E-state index contributed by atoms with van der Waals surface area (Å²) in [5.41, 5.74) is 2.20. The highest BCUT2D eigenvalue weighted by Crippen LogP contribution is 2.20. The molecule has 0 radical (unpaired) electrons. The summed E-state index contributed by atoms with van der Waals surface area (Å²) in [7, 11) is 1.66. The van der Waals surface area contributed by atoms with Crippen molar-refractivity contribution in [2.75, 3.05) is 7.11 Å². The van der Waals surface area contributed by atoms with Crippen molar-refractivity contribution in [3.8, 4) is 5.75 Å². The lowest BCUT2D eigenvalue weighted by molar-refractivity contribution is -0.107. The molecule has 0 atom stereocenters. The second-order valence-corrected chi connectivity index (χ2v) is 2.87. The van der Waals surface area contributed by atoms with Gasteiger partial charge < -0.3 is 9.53 Å². The van der Waals surface area contributed by atoms with E-state index in [9.17, 15) is 4.79 Å². The molecule has 70 valence electrons. The van der Waals surface area contributed by atoms with Gasteiger partial charge in [0, 0.05) is 6.42 Å². The minimum atomic E-state index is 0.483. The van der Waals surface area contributed by atoms with Gasteiger partial charge in [0.05, 0.1) is 7.11 Å². The zero-order valence-electron chi connectivity index (χ0n) is 8.04. The fourth-order valence-corrected chi connectivity index (χ4v) is 1.33. The van der Waals surface area contributed by atoms with Crippen molar-refractivity contribution in [1.82, 2.24) is 0 Å². The second kappa shape index (κ2) is 4.65. The monoisotopic (exact) mass is 178 g/mol. The van der Waals surface area contributed by atoms with Crippen LogP contribution in [0.15, 0.2) is 18.2 Å². The average Bonchev–Trinajstić information content (AvgIpc) is 2.18. The number of methoxy groups -OCH3 is 1. The van der Waals surface area contributed by atoms with Gasteiger partial charge in [0.2, 0.25) is 0 Å². The molecule has 0 aliphatic heterocycles. The third kappa shape index (κ3) is 2.31. The third-order valence-electron chi connectivity index (χ3n) is 2.04. The molecular weight excluding hydrogens is 164 g/mol. The molecule has 0 spiro atoms. The molecule has 1 aromatic rings. The average molecular weight is 178 g/mol. The molecule has 0 aromatic heterocycles. The van der Waals surface area contributed by atoms with Crippen molar-refractivity contribution in [2.24, 2.45) is 0 Å². The van der Waals surface area contributed by atoms with Crippen LogP contribution in [0.4, 0.5) is 0 Å². The van der Waals surface area contributed by atoms with Crippen LogP contribution in [0, 0.1) is 0 Å². The highest BCUT2D eigenvalue weighted by molar-refractivity contribution is 5.55. The summed E-state index contributed by atoms with van der Waals surface area (Å²) in [5, 5.41) is 0. The van der Waals surface area contributed by atoms with Crippen molar-refractivity contribution in [2.45, 2.75) is 19.8 Å². The van der Waals surface area contributed by atoms with Crippen LogP contribution in [0.25, 0.3) is 0 Å². The summed E-state index contributed by atoms with van der Waals surface area (Å²) in [4.78, 5) is 10.3. The number of aldehydes is 1. The zero-order chi connectivity index (χ0) is 9.68. The highest BCUT2D eigenvalue weighted by Gasteiger charge is 2.01. The lowest BCUT2D eigenvalue weighted by Gasteiger charge is -2.07. The van der Waals surface area contributed by atoms with Crippen LogP contribution in [0.1, 0.15) is 18.1 Å². The first kappa shape index (κ1) is 9.78. The van der Waals surface area contributed by atoms with Gasteiger partial charge in [0.25, 0.3) is 0 Å². The molecule has 0 saturated carbocycles. The van der Waals surface area contributed by atoms with E-state index in [0.29, 0.717) is 6.42 Å². The highest BCUT2D eigenvalue weighted by atomic mass is 16.5. The van der Waals surface area contributed by atoms with Gasteiger partial charge in [-0.25, -0.2) is 0 Å². The Hall–Kier alpha value is -1.31. The predicted molar refractivity (Wildman–Crippen MR) is 52.1 cm³/mol. The molecule has 0 aliphatic carbocycles. The molecule has 0 heterocycles. The molecule has 0 unspecified atom stereocenters. The molecule has 0 fully saturated rings. The Kier molecular flexibility index (Phi) is 3.50. The van der Waals surface area contributed by atoms with Gasteiger partial charge in [-0.05, 0) is 23.6 Å². The Balaban J connectivity index is 2.98. The summed E-state index contributed by atoms with van der Waals surface area (Å²) in [6.07, 6.45) is 2.33. The number of hydrogen-bond donors (Lipinski definition) is 0. The Labute approximate surface area is 78.5 Å². The van der Waals surface area contributed by atoms with Gasteiger partial charge in [0.15, 0.2) is 0 Å². The number of ether oxygens (including phenoxy) is 1. The first-order valence-corrected chi connectivity index (χ1v) is 4.41. The molecule has 1 aromatic carbocycles. The number of rotatable bonds is 4. The fraction of sp³-hybridized carbons (Fsp3) is 0.364. The standard InChI is InChI=1S/C11H14O2/c1-3-10-8-9(6-7-12)4-5-11(10)13-2/h4-5,7-8H,3,6H2,1-2H3. The van der Waals surface area contributed by atoms with E-state index in [1.54, 1.807) is 7.11 Å². The number of hydrogen-bond acceptors (Lipinski definition) is 2. The van der Waals surface area contributed by atoms with Crippen LogP contribution in [0.2, 0.25) is 0 Å². The van der Waals surface area contributed by atoms with Gasteiger partial charge in [-0.2, -0.15) is 0 Å². The normalized spacial score (nSPS) is 9.69. The maximum Gasteiger partial charge on any atom is 0.124 e. The number of carbonyl (C=O) groups is 1. The molecule has 0 amide bonds. The lowest BCUT2D eigenvalue weighted by Crippen LogP contribution is -1.93. The Morgan fingerprint density at radius 3 is 2.77 bits per heavy atom. The SMILES string of the molecule is CCc1cc(CC=O)ccc1OC. The summed E-state index contributed by atoms with van der Waals surface area (Å²) >= 11 is 0. The van der Waals surface area contributed by atoms with Crippen LogP contribution in [0.3, 0.4) is 0 Å². The zero-order valence-corrected chi connectivity index (χ0v) is 8.04. The first-order valence-electron chi connectivity index (χ1n) is 4.41. The van der Waals surface area contributed by atoms with Gasteiger partial charge in [-0.15, -0.1) is 0 Å². The lowest BCUT2D eigenvalue weighted by atomic mass is 10.1. The molecule has 0 aliphatic rings. The number of carbonyl (C=O) groups excluding carboxylic acids is 1. The van der Waals surface area contributed by atoms with Crippen LogP contribution in [0.5, 0.6) is 5.75 Å². The van der Waals surface area contributed by atoms with E-state index < -0.39 is 0 Å². The molecule has 0 bridgehead atoms. The summed E-state index contributed by atoms with van der Waals surface area (Å²) in [6, 6.07) is 5.86. The maximum absolute atomic E-state index is 10.3. The third-order valence-corrected chi connectivity index (χ3v) is 2.04. The topological polar surface area (TPSA) is 26.3 Å². The van der Waals surface area contributed by atoms with Crippen molar-refractivity contribution in [3.05, 3.63) is 29.3 Å². The minimum Gasteiger partial charge on any atom is -0.496 e. The Morgan fingerprint density at radius 1 is 1.46 bits per heavy atom. The van der Waals surface area contributed by atoms with E-state index >= 15 is 0 Å². The molecule has 13 heavy (non-hydrogen) atoms. The minimum absolute atomic E-state index is 0.483. The summed E-state index contributed by atoms with van der Waals surface area (Å²) in [6.45, 7) is 2.07. The van der Waals surface area contributed by atoms with Gasteiger partial charge in [-0.1, -0.05) is 19.1 Å². The van der Waals surface area contributed by atoms with Gasteiger partial charge >= 0.3 is 0 Å². The van der Waals surface area contributed by atoms with Gasteiger partial charge in [0.1, 0.15) is 12.0 Å². The van der Waals surface area contributed by atoms with Crippen LogP contribution >= 0.6 is 0 Å². The van der Waals surface area contributed by atoms with Crippen LogP contribution in [-0.2, 0) is 17.6 Å². The van der Waals surface area contributed by atoms with E-state index in [4.69, 9.17) is 4.74 Å². The van der Waals surface area contributed by atoms with Gasteiger partial charge in [-0.3, -0.25) is 0 Å². The van der Waals surface area contributed by atoms with Crippen LogP contribution in [-0.4, -0.2) is 13.4 Å². The smallest absolute Gasteiger partial charge is 0.124 e. The van der Waals surface area contributed by atoms with Crippen molar-refractivity contribution in [1.29, 1.82) is 0 Å². The molecule has 1 rings (SSSR count). The van der Waals surface area contributed by atoms with Crippen molar-refractivity contribution < 1.29 is 9.53 Å². The summed E-state index contributed by atoms with van der Waals surface area (Å²) < 4.78 is 5.18. The van der Waals surface area contributed by atoms with E-state index in [-0.39, 0.29) is 0 Å². The van der Waals surface area contributed by atoms with Crippen molar-refractivity contribution in [3.63, 3.8) is 0 Å². The Morgan fingerprint density at radius 2 is 2.23 bits per heavy atom. The summed E-state index contributed by atoms with van der Waals surface area (Å²) in [5.74, 6) is 0.900. The fourth-order valence-electron chi connectivity index (χ4n) is 1.33. The second-order valence-electron chi connectivity index (χ2n) is 2.87. The van der Waals surface area contributed by atoms with E-state index in [0.717, 1.165) is 29.6 Å². The molecule has 2 heteroatoms. The van der Waals surface area contributed by atoms with E-state index in [1.165, 1.54) is 0 Å². The predicted octanol–water partition coefficient (Wildman–Crippen LogP) is 2.00. The number of aryl methyl sites for hydroxylation is 1. The number of benzene rings is 1.